The molecule has 1 aliphatic heterocycles. The third-order valence-electron chi connectivity index (χ3n) is 4.14. The molecule has 0 aliphatic carbocycles. The molecule has 27 heavy (non-hydrogen) atoms. The molecule has 0 aromatic heterocycles. The lowest BCUT2D eigenvalue weighted by atomic mass is 10.1. The van der Waals surface area contributed by atoms with Gasteiger partial charge in [0.1, 0.15) is 11.0 Å². The van der Waals surface area contributed by atoms with Gasteiger partial charge in [0.25, 0.3) is 0 Å². The summed E-state index contributed by atoms with van der Waals surface area (Å²) in [6, 6.07) is 11.8. The van der Waals surface area contributed by atoms with E-state index in [1.807, 2.05) is 0 Å². The zero-order valence-electron chi connectivity index (χ0n) is 14.5. The van der Waals surface area contributed by atoms with E-state index in [4.69, 9.17) is 9.47 Å². The van der Waals surface area contributed by atoms with E-state index >= 15 is 0 Å². The van der Waals surface area contributed by atoms with E-state index in [0.717, 1.165) is 0 Å². The van der Waals surface area contributed by atoms with Gasteiger partial charge in [-0.2, -0.15) is 0 Å². The minimum atomic E-state index is -3.91. The SMILES string of the molecule is CCOC(=O)COc1ccc2c(c1)C(S(=O)(=O)c1ccccc1)CS2(=O)=O. The fourth-order valence-corrected chi connectivity index (χ4v) is 7.22. The minimum Gasteiger partial charge on any atom is -0.482 e. The average Bonchev–Trinajstić information content (AvgIpc) is 2.92. The number of carbonyl (C=O) groups excluding carboxylic acids is 1. The predicted octanol–water partition coefficient (Wildman–Crippen LogP) is 1.93. The van der Waals surface area contributed by atoms with Crippen LogP contribution in [0, 0.1) is 0 Å². The standard InChI is InChI=1S/C18H18O7S2/c1-2-24-18(19)11-25-13-8-9-16-15(10-13)17(12-26(16,20)21)27(22,23)14-6-4-3-5-7-14/h3-10,17H,2,11-12H2,1H3. The van der Waals surface area contributed by atoms with Crippen LogP contribution in [0.4, 0.5) is 0 Å². The first-order valence-corrected chi connectivity index (χ1v) is 11.4. The summed E-state index contributed by atoms with van der Waals surface area (Å²) in [5, 5.41) is -1.23. The second-order valence-electron chi connectivity index (χ2n) is 5.92. The fourth-order valence-electron chi connectivity index (χ4n) is 2.91. The molecule has 0 spiro atoms. The Kier molecular flexibility index (Phi) is 5.25. The van der Waals surface area contributed by atoms with Gasteiger partial charge in [-0.1, -0.05) is 18.2 Å². The zero-order chi connectivity index (χ0) is 19.7. The van der Waals surface area contributed by atoms with Gasteiger partial charge in [-0.3, -0.25) is 0 Å². The minimum absolute atomic E-state index is 0.0320. The number of ether oxygens (including phenoxy) is 2. The second kappa shape index (κ2) is 7.32. The van der Waals surface area contributed by atoms with Crippen LogP contribution in [0.15, 0.2) is 58.3 Å². The molecule has 0 saturated heterocycles. The number of esters is 1. The molecular weight excluding hydrogens is 392 g/mol. The van der Waals surface area contributed by atoms with Crippen molar-refractivity contribution in [2.45, 2.75) is 22.0 Å². The van der Waals surface area contributed by atoms with Crippen LogP contribution < -0.4 is 4.74 Å². The molecule has 1 atom stereocenters. The molecule has 0 bridgehead atoms. The van der Waals surface area contributed by atoms with Gasteiger partial charge in [0.05, 0.1) is 22.2 Å². The van der Waals surface area contributed by atoms with Crippen molar-refractivity contribution in [1.29, 1.82) is 0 Å². The molecule has 2 aromatic rings. The number of hydrogen-bond acceptors (Lipinski definition) is 7. The molecule has 1 unspecified atom stereocenters. The molecule has 0 saturated carbocycles. The van der Waals surface area contributed by atoms with Crippen LogP contribution in [0.1, 0.15) is 17.7 Å². The Balaban J connectivity index is 1.97. The van der Waals surface area contributed by atoms with Gasteiger partial charge >= 0.3 is 5.97 Å². The molecule has 1 heterocycles. The number of rotatable bonds is 6. The Morgan fingerprint density at radius 1 is 1.15 bits per heavy atom. The number of fused-ring (bicyclic) bond motifs is 1. The predicted molar refractivity (Wildman–Crippen MR) is 97.0 cm³/mol. The van der Waals surface area contributed by atoms with E-state index in [1.54, 1.807) is 25.1 Å². The number of sulfone groups is 2. The lowest BCUT2D eigenvalue weighted by molar-refractivity contribution is -0.145. The van der Waals surface area contributed by atoms with Gasteiger partial charge in [0.2, 0.25) is 0 Å². The first-order chi connectivity index (χ1) is 12.8. The lowest BCUT2D eigenvalue weighted by Crippen LogP contribution is -2.16. The topological polar surface area (TPSA) is 104 Å². The molecule has 144 valence electrons. The Hall–Kier alpha value is -2.39. The van der Waals surface area contributed by atoms with Gasteiger partial charge in [0, 0.05) is 0 Å². The Morgan fingerprint density at radius 3 is 2.52 bits per heavy atom. The van der Waals surface area contributed by atoms with Gasteiger partial charge < -0.3 is 9.47 Å². The largest absolute Gasteiger partial charge is 0.482 e. The van der Waals surface area contributed by atoms with Crippen molar-refractivity contribution in [3.05, 3.63) is 54.1 Å². The van der Waals surface area contributed by atoms with E-state index in [-0.39, 0.29) is 34.3 Å². The molecule has 3 rings (SSSR count). The summed E-state index contributed by atoms with van der Waals surface area (Å²) in [4.78, 5) is 11.4. The van der Waals surface area contributed by atoms with Crippen LogP contribution in [-0.4, -0.2) is 41.8 Å². The molecule has 7 nitrogen and oxygen atoms in total. The van der Waals surface area contributed by atoms with Gasteiger partial charge in [0.15, 0.2) is 26.3 Å². The third-order valence-corrected chi connectivity index (χ3v) is 8.27. The second-order valence-corrected chi connectivity index (χ2v) is 10.1. The van der Waals surface area contributed by atoms with Crippen LogP contribution >= 0.6 is 0 Å². The lowest BCUT2D eigenvalue weighted by Gasteiger charge is -2.13. The first-order valence-electron chi connectivity index (χ1n) is 8.20. The van der Waals surface area contributed by atoms with E-state index < -0.39 is 36.6 Å². The molecule has 9 heteroatoms. The summed E-state index contributed by atoms with van der Waals surface area (Å²) >= 11 is 0. The molecule has 1 aliphatic rings. The van der Waals surface area contributed by atoms with Crippen molar-refractivity contribution in [1.82, 2.24) is 0 Å². The molecule has 0 fully saturated rings. The summed E-state index contributed by atoms with van der Waals surface area (Å²) < 4.78 is 60.9. The van der Waals surface area contributed by atoms with Gasteiger partial charge in [-0.05, 0) is 42.8 Å². The Morgan fingerprint density at radius 2 is 1.85 bits per heavy atom. The highest BCUT2D eigenvalue weighted by atomic mass is 32.2. The normalized spacial score (nSPS) is 17.9. The number of hydrogen-bond donors (Lipinski definition) is 0. The van der Waals surface area contributed by atoms with E-state index in [1.165, 1.54) is 30.3 Å². The van der Waals surface area contributed by atoms with Crippen LogP contribution in [0.5, 0.6) is 5.75 Å². The number of benzene rings is 2. The highest BCUT2D eigenvalue weighted by molar-refractivity contribution is 7.96. The van der Waals surface area contributed by atoms with Crippen LogP contribution in [0.25, 0.3) is 0 Å². The van der Waals surface area contributed by atoms with E-state index in [2.05, 4.69) is 0 Å². The quantitative estimate of drug-likeness (QED) is 0.670. The monoisotopic (exact) mass is 410 g/mol. The van der Waals surface area contributed by atoms with Gasteiger partial charge in [-0.15, -0.1) is 0 Å². The third kappa shape index (κ3) is 3.84. The van der Waals surface area contributed by atoms with Crippen molar-refractivity contribution in [2.75, 3.05) is 19.0 Å². The van der Waals surface area contributed by atoms with Crippen molar-refractivity contribution in [2.24, 2.45) is 0 Å². The Bertz CT molecular complexity index is 1060. The summed E-state index contributed by atoms with van der Waals surface area (Å²) in [5.41, 5.74) is 0.153. The smallest absolute Gasteiger partial charge is 0.344 e. The Labute approximate surface area is 157 Å². The van der Waals surface area contributed by atoms with Crippen molar-refractivity contribution in [3.63, 3.8) is 0 Å². The summed E-state index contributed by atoms with van der Waals surface area (Å²) in [6.07, 6.45) is 0. The van der Waals surface area contributed by atoms with Crippen molar-refractivity contribution in [3.8, 4) is 5.75 Å². The maximum Gasteiger partial charge on any atom is 0.344 e. The summed E-state index contributed by atoms with van der Waals surface area (Å²) in [6.45, 7) is 1.52. The van der Waals surface area contributed by atoms with Crippen LogP contribution in [0.3, 0.4) is 0 Å². The zero-order valence-corrected chi connectivity index (χ0v) is 16.1. The van der Waals surface area contributed by atoms with E-state index in [9.17, 15) is 21.6 Å². The average molecular weight is 410 g/mol. The van der Waals surface area contributed by atoms with E-state index in [0.29, 0.717) is 0 Å². The van der Waals surface area contributed by atoms with Crippen molar-refractivity contribution < 1.29 is 31.1 Å². The van der Waals surface area contributed by atoms with Crippen LogP contribution in [-0.2, 0) is 29.2 Å². The fraction of sp³-hybridized carbons (Fsp3) is 0.278. The maximum absolute atomic E-state index is 13.0. The highest BCUT2D eigenvalue weighted by Gasteiger charge is 2.43. The molecule has 0 N–H and O–H groups in total. The summed E-state index contributed by atoms with van der Waals surface area (Å²) in [7, 11) is -7.64. The number of carbonyl (C=O) groups is 1. The van der Waals surface area contributed by atoms with Gasteiger partial charge in [-0.25, -0.2) is 21.6 Å². The van der Waals surface area contributed by atoms with Crippen molar-refractivity contribution >= 4 is 25.6 Å². The maximum atomic E-state index is 13.0. The summed E-state index contributed by atoms with van der Waals surface area (Å²) in [5.74, 6) is -0.896. The first kappa shape index (κ1) is 19.4. The van der Waals surface area contributed by atoms with Crippen LogP contribution in [0.2, 0.25) is 0 Å². The highest BCUT2D eigenvalue weighted by Crippen LogP contribution is 2.42. The molecule has 2 aromatic carbocycles. The molecule has 0 amide bonds. The molecular formula is C18H18O7S2. The molecule has 0 radical (unpaired) electrons.